The Hall–Kier alpha value is -0.880. The van der Waals surface area contributed by atoms with Gasteiger partial charge in [-0.2, -0.15) is 0 Å². The molecule has 0 saturated heterocycles. The van der Waals surface area contributed by atoms with Gasteiger partial charge in [-0.3, -0.25) is 0 Å². The summed E-state index contributed by atoms with van der Waals surface area (Å²) in [5, 5.41) is 2.51. The van der Waals surface area contributed by atoms with Crippen LogP contribution in [0.15, 0.2) is 34.4 Å². The van der Waals surface area contributed by atoms with E-state index in [1.165, 1.54) is 11.8 Å². The highest BCUT2D eigenvalue weighted by molar-refractivity contribution is 7.99. The van der Waals surface area contributed by atoms with Crippen LogP contribution in [-0.4, -0.2) is 21.6 Å². The molecular formula is C12H11Cl2N3OS. The van der Waals surface area contributed by atoms with Crippen molar-refractivity contribution < 1.29 is 4.74 Å². The summed E-state index contributed by atoms with van der Waals surface area (Å²) >= 11 is 13.1. The van der Waals surface area contributed by atoms with Gasteiger partial charge in [0.05, 0.1) is 5.02 Å². The Morgan fingerprint density at radius 1 is 1.21 bits per heavy atom. The number of nitrogens with zero attached hydrogens (tertiary/aromatic N) is 3. The van der Waals surface area contributed by atoms with Crippen molar-refractivity contribution in [3.05, 3.63) is 40.4 Å². The summed E-state index contributed by atoms with van der Waals surface area (Å²) in [5.41, 5.74) is 0. The van der Waals surface area contributed by atoms with Gasteiger partial charge in [0.1, 0.15) is 21.8 Å². The van der Waals surface area contributed by atoms with E-state index in [-0.39, 0.29) is 0 Å². The third-order valence-corrected chi connectivity index (χ3v) is 3.35. The van der Waals surface area contributed by atoms with Crippen molar-refractivity contribution in [1.29, 1.82) is 0 Å². The molecule has 4 nitrogen and oxygen atoms in total. The standard InChI is InChI=1S/C12H11Cl2N3OS/c1-2-18-7-10-16-9(14)5-12(17-10)19-11-4-3-8(13)6-15-11/h3-6H,2,7H2,1H3. The van der Waals surface area contributed by atoms with Gasteiger partial charge in [-0.1, -0.05) is 23.2 Å². The quantitative estimate of drug-likeness (QED) is 0.784. The molecule has 19 heavy (non-hydrogen) atoms. The van der Waals surface area contributed by atoms with Crippen LogP contribution in [-0.2, 0) is 11.3 Å². The minimum absolute atomic E-state index is 0.346. The molecule has 0 fully saturated rings. The first-order valence-corrected chi connectivity index (χ1v) is 7.15. The highest BCUT2D eigenvalue weighted by Gasteiger charge is 2.06. The fourth-order valence-electron chi connectivity index (χ4n) is 1.28. The van der Waals surface area contributed by atoms with E-state index < -0.39 is 0 Å². The summed E-state index contributed by atoms with van der Waals surface area (Å²) in [7, 11) is 0. The fraction of sp³-hybridized carbons (Fsp3) is 0.250. The minimum atomic E-state index is 0.346. The predicted octanol–water partition coefficient (Wildman–Crippen LogP) is 3.87. The van der Waals surface area contributed by atoms with Crippen LogP contribution in [0, 0.1) is 0 Å². The number of pyridine rings is 1. The lowest BCUT2D eigenvalue weighted by atomic mass is 10.5. The molecule has 0 unspecified atom stereocenters. The summed E-state index contributed by atoms with van der Waals surface area (Å²) in [5.74, 6) is 0.561. The van der Waals surface area contributed by atoms with Gasteiger partial charge in [0.2, 0.25) is 0 Å². The predicted molar refractivity (Wildman–Crippen MR) is 75.7 cm³/mol. The molecule has 7 heteroatoms. The third kappa shape index (κ3) is 4.62. The van der Waals surface area contributed by atoms with Crippen LogP contribution in [0.5, 0.6) is 0 Å². The third-order valence-electron chi connectivity index (χ3n) is 2.06. The highest BCUT2D eigenvalue weighted by Crippen LogP contribution is 2.26. The van der Waals surface area contributed by atoms with E-state index in [4.69, 9.17) is 27.9 Å². The zero-order valence-electron chi connectivity index (χ0n) is 10.1. The minimum Gasteiger partial charge on any atom is -0.374 e. The molecule has 0 aliphatic carbocycles. The molecule has 0 bridgehead atoms. The van der Waals surface area contributed by atoms with E-state index in [1.54, 1.807) is 18.3 Å². The average molecular weight is 316 g/mol. The van der Waals surface area contributed by atoms with Crippen molar-refractivity contribution in [2.45, 2.75) is 23.6 Å². The Bertz CT molecular complexity index is 551. The van der Waals surface area contributed by atoms with Gasteiger partial charge in [-0.25, -0.2) is 15.0 Å². The second-order valence-corrected chi connectivity index (χ2v) is 5.36. The molecule has 2 rings (SSSR count). The molecule has 0 atom stereocenters. The normalized spacial score (nSPS) is 10.7. The first-order chi connectivity index (χ1) is 9.17. The topological polar surface area (TPSA) is 47.9 Å². The van der Waals surface area contributed by atoms with Crippen molar-refractivity contribution in [3.63, 3.8) is 0 Å². The molecule has 0 aliphatic heterocycles. The van der Waals surface area contributed by atoms with Crippen molar-refractivity contribution in [1.82, 2.24) is 15.0 Å². The lowest BCUT2D eigenvalue weighted by Gasteiger charge is -2.04. The monoisotopic (exact) mass is 315 g/mol. The lowest BCUT2D eigenvalue weighted by Crippen LogP contribution is -2.00. The van der Waals surface area contributed by atoms with Crippen LogP contribution >= 0.6 is 35.0 Å². The first kappa shape index (κ1) is 14.5. The number of ether oxygens (including phenoxy) is 1. The summed E-state index contributed by atoms with van der Waals surface area (Å²) in [6, 6.07) is 5.30. The average Bonchev–Trinajstić information content (AvgIpc) is 2.38. The van der Waals surface area contributed by atoms with Crippen LogP contribution < -0.4 is 0 Å². The van der Waals surface area contributed by atoms with Crippen LogP contribution in [0.3, 0.4) is 0 Å². The summed E-state index contributed by atoms with van der Waals surface area (Å²) < 4.78 is 5.27. The molecule has 2 aromatic heterocycles. The molecule has 2 aromatic rings. The van der Waals surface area contributed by atoms with Gasteiger partial charge in [0.25, 0.3) is 0 Å². The van der Waals surface area contributed by atoms with Crippen LogP contribution in [0.4, 0.5) is 0 Å². The molecule has 0 spiro atoms. The summed E-state index contributed by atoms with van der Waals surface area (Å²) in [4.78, 5) is 12.7. The van der Waals surface area contributed by atoms with E-state index >= 15 is 0 Å². The van der Waals surface area contributed by atoms with Crippen molar-refractivity contribution in [3.8, 4) is 0 Å². The van der Waals surface area contributed by atoms with E-state index in [2.05, 4.69) is 15.0 Å². The van der Waals surface area contributed by atoms with E-state index in [0.717, 1.165) is 10.1 Å². The van der Waals surface area contributed by atoms with Crippen LogP contribution in [0.25, 0.3) is 0 Å². The van der Waals surface area contributed by atoms with E-state index in [0.29, 0.717) is 29.2 Å². The van der Waals surface area contributed by atoms with Crippen LogP contribution in [0.1, 0.15) is 12.7 Å². The Labute approximate surface area is 125 Å². The van der Waals surface area contributed by atoms with Gasteiger partial charge >= 0.3 is 0 Å². The van der Waals surface area contributed by atoms with Crippen molar-refractivity contribution >= 4 is 35.0 Å². The maximum Gasteiger partial charge on any atom is 0.157 e. The Kier molecular flexibility index (Phi) is 5.39. The Balaban J connectivity index is 2.15. The molecule has 100 valence electrons. The smallest absolute Gasteiger partial charge is 0.157 e. The number of hydrogen-bond acceptors (Lipinski definition) is 5. The largest absolute Gasteiger partial charge is 0.374 e. The molecule has 0 amide bonds. The zero-order valence-corrected chi connectivity index (χ0v) is 12.5. The maximum absolute atomic E-state index is 5.96. The van der Waals surface area contributed by atoms with Gasteiger partial charge in [0.15, 0.2) is 5.82 Å². The molecule has 0 aliphatic rings. The second-order valence-electron chi connectivity index (χ2n) is 3.50. The number of rotatable bonds is 5. The Morgan fingerprint density at radius 3 is 2.74 bits per heavy atom. The fourth-order valence-corrected chi connectivity index (χ4v) is 2.44. The van der Waals surface area contributed by atoms with Gasteiger partial charge in [0, 0.05) is 18.9 Å². The number of aromatic nitrogens is 3. The SMILES string of the molecule is CCOCc1nc(Cl)cc(Sc2ccc(Cl)cn2)n1. The van der Waals surface area contributed by atoms with Gasteiger partial charge < -0.3 is 4.74 Å². The molecule has 0 N–H and O–H groups in total. The number of hydrogen-bond donors (Lipinski definition) is 0. The van der Waals surface area contributed by atoms with Gasteiger partial charge in [-0.15, -0.1) is 0 Å². The number of halogens is 2. The maximum atomic E-state index is 5.96. The highest BCUT2D eigenvalue weighted by atomic mass is 35.5. The van der Waals surface area contributed by atoms with Crippen molar-refractivity contribution in [2.75, 3.05) is 6.61 Å². The summed E-state index contributed by atoms with van der Waals surface area (Å²) in [6.07, 6.45) is 1.59. The van der Waals surface area contributed by atoms with Gasteiger partial charge in [-0.05, 0) is 30.8 Å². The lowest BCUT2D eigenvalue weighted by molar-refractivity contribution is 0.128. The molecular weight excluding hydrogens is 305 g/mol. The molecule has 2 heterocycles. The molecule has 0 aromatic carbocycles. The Morgan fingerprint density at radius 2 is 2.05 bits per heavy atom. The van der Waals surface area contributed by atoms with Crippen LogP contribution in [0.2, 0.25) is 10.2 Å². The summed E-state index contributed by atoms with van der Waals surface area (Å²) in [6.45, 7) is 2.87. The van der Waals surface area contributed by atoms with E-state index in [1.807, 2.05) is 13.0 Å². The first-order valence-electron chi connectivity index (χ1n) is 5.58. The molecule has 0 radical (unpaired) electrons. The second kappa shape index (κ2) is 7.05. The zero-order chi connectivity index (χ0) is 13.7. The van der Waals surface area contributed by atoms with E-state index in [9.17, 15) is 0 Å². The molecule has 0 saturated carbocycles. The van der Waals surface area contributed by atoms with Crippen molar-refractivity contribution in [2.24, 2.45) is 0 Å².